The molecule has 5 rings (SSSR count). The molecule has 0 aliphatic carbocycles. The summed E-state index contributed by atoms with van der Waals surface area (Å²) >= 11 is 7.37. The summed E-state index contributed by atoms with van der Waals surface area (Å²) in [5.74, 6) is 0.161. The van der Waals surface area contributed by atoms with Crippen LogP contribution in [0.2, 0.25) is 5.02 Å². The molecule has 7 nitrogen and oxygen atoms in total. The summed E-state index contributed by atoms with van der Waals surface area (Å²) < 4.78 is 11.2. The fourth-order valence-electron chi connectivity index (χ4n) is 3.65. The summed E-state index contributed by atoms with van der Waals surface area (Å²) in [5.41, 5.74) is 0.939. The van der Waals surface area contributed by atoms with Gasteiger partial charge >= 0.3 is 0 Å². The van der Waals surface area contributed by atoms with Crippen molar-refractivity contribution in [1.82, 2.24) is 10.2 Å². The number of fused-ring (bicyclic) bond motifs is 2. The Labute approximate surface area is 179 Å². The Hall–Kier alpha value is -3.23. The number of aromatic nitrogens is 2. The number of aryl methyl sites for hydroxylation is 1. The van der Waals surface area contributed by atoms with E-state index in [1.54, 1.807) is 50.4 Å². The zero-order valence-corrected chi connectivity index (χ0v) is 17.5. The van der Waals surface area contributed by atoms with Gasteiger partial charge in [-0.1, -0.05) is 35.1 Å². The van der Waals surface area contributed by atoms with Gasteiger partial charge in [0, 0.05) is 5.02 Å². The number of halogens is 1. The Kier molecular flexibility index (Phi) is 4.34. The normalized spacial score (nSPS) is 15.6. The van der Waals surface area contributed by atoms with E-state index in [2.05, 4.69) is 10.2 Å². The van der Waals surface area contributed by atoms with Gasteiger partial charge in [0.05, 0.1) is 24.1 Å². The number of carbonyl (C=O) groups is 1. The van der Waals surface area contributed by atoms with Crippen molar-refractivity contribution in [3.8, 4) is 5.75 Å². The third-order valence-corrected chi connectivity index (χ3v) is 6.04. The molecule has 1 atom stereocenters. The summed E-state index contributed by atoms with van der Waals surface area (Å²) in [7, 11) is 1.56. The number of rotatable bonds is 3. The molecular weight excluding hydrogens is 426 g/mol. The van der Waals surface area contributed by atoms with E-state index >= 15 is 0 Å². The number of benzene rings is 2. The van der Waals surface area contributed by atoms with Gasteiger partial charge in [0.25, 0.3) is 5.91 Å². The molecule has 0 unspecified atom stereocenters. The number of hydrogen-bond donors (Lipinski definition) is 0. The van der Waals surface area contributed by atoms with E-state index in [-0.39, 0.29) is 16.8 Å². The largest absolute Gasteiger partial charge is 0.497 e. The van der Waals surface area contributed by atoms with Crippen LogP contribution in [0.1, 0.15) is 32.7 Å². The van der Waals surface area contributed by atoms with Crippen LogP contribution in [0, 0.1) is 6.92 Å². The predicted molar refractivity (Wildman–Crippen MR) is 114 cm³/mol. The van der Waals surface area contributed by atoms with Crippen molar-refractivity contribution >= 4 is 44.9 Å². The number of carbonyl (C=O) groups excluding carboxylic acids is 1. The van der Waals surface area contributed by atoms with Crippen LogP contribution < -0.4 is 15.1 Å². The molecule has 0 fully saturated rings. The Bertz CT molecular complexity index is 1380. The van der Waals surface area contributed by atoms with Crippen LogP contribution in [-0.2, 0) is 0 Å². The summed E-state index contributed by atoms with van der Waals surface area (Å²) in [6.07, 6.45) is 0. The maximum Gasteiger partial charge on any atom is 0.297 e. The lowest BCUT2D eigenvalue weighted by molar-refractivity contribution is 0.0970. The lowest BCUT2D eigenvalue weighted by Gasteiger charge is -2.22. The van der Waals surface area contributed by atoms with Gasteiger partial charge in [0.1, 0.15) is 16.3 Å². The van der Waals surface area contributed by atoms with Crippen LogP contribution in [0.4, 0.5) is 5.13 Å². The molecule has 0 N–H and O–H groups in total. The van der Waals surface area contributed by atoms with E-state index in [9.17, 15) is 9.59 Å². The van der Waals surface area contributed by atoms with Crippen LogP contribution in [0.5, 0.6) is 5.75 Å². The molecule has 0 bridgehead atoms. The Balaban J connectivity index is 1.83. The topological polar surface area (TPSA) is 85.5 Å². The quantitative estimate of drug-likeness (QED) is 0.471. The van der Waals surface area contributed by atoms with Crippen LogP contribution in [0.25, 0.3) is 11.0 Å². The molecule has 0 radical (unpaired) electrons. The number of amides is 1. The molecule has 1 amide bonds. The molecule has 0 saturated carbocycles. The monoisotopic (exact) mass is 439 g/mol. The highest BCUT2D eigenvalue weighted by atomic mass is 35.5. The number of hydrogen-bond acceptors (Lipinski definition) is 7. The van der Waals surface area contributed by atoms with Gasteiger partial charge in [-0.05, 0) is 42.8 Å². The predicted octanol–water partition coefficient (Wildman–Crippen LogP) is 4.36. The summed E-state index contributed by atoms with van der Waals surface area (Å²) in [5, 5.41) is 9.99. The standard InChI is InChI=1S/C21H14ClN3O4S/c1-10-23-24-21(30-10)25-17(11-4-3-5-13(8-11)28-2)16-18(26)14-9-12(22)6-7-15(14)29-19(16)20(25)27/h3-9,17H,1-2H3/t17-/m0/s1. The van der Waals surface area contributed by atoms with Crippen molar-refractivity contribution in [3.05, 3.63) is 79.6 Å². The lowest BCUT2D eigenvalue weighted by Crippen LogP contribution is -2.29. The van der Waals surface area contributed by atoms with Gasteiger partial charge in [0.15, 0.2) is 5.43 Å². The van der Waals surface area contributed by atoms with E-state index < -0.39 is 11.9 Å². The molecule has 30 heavy (non-hydrogen) atoms. The first-order valence-electron chi connectivity index (χ1n) is 9.02. The average Bonchev–Trinajstić information content (AvgIpc) is 3.30. The average molecular weight is 440 g/mol. The molecule has 0 spiro atoms. The van der Waals surface area contributed by atoms with E-state index in [0.29, 0.717) is 37.4 Å². The van der Waals surface area contributed by atoms with Gasteiger partial charge < -0.3 is 9.15 Å². The van der Waals surface area contributed by atoms with Crippen LogP contribution >= 0.6 is 22.9 Å². The van der Waals surface area contributed by atoms with Crippen molar-refractivity contribution in [2.75, 3.05) is 12.0 Å². The number of nitrogens with zero attached hydrogens (tertiary/aromatic N) is 3. The lowest BCUT2D eigenvalue weighted by atomic mass is 9.98. The minimum Gasteiger partial charge on any atom is -0.497 e. The number of methoxy groups -OCH3 is 1. The van der Waals surface area contributed by atoms with Crippen LogP contribution in [-0.4, -0.2) is 23.2 Å². The van der Waals surface area contributed by atoms with Gasteiger partial charge in [-0.2, -0.15) is 0 Å². The molecular formula is C21H14ClN3O4S. The summed E-state index contributed by atoms with van der Waals surface area (Å²) in [6, 6.07) is 11.2. The minimum absolute atomic E-state index is 0.00417. The Morgan fingerprint density at radius 1 is 1.17 bits per heavy atom. The van der Waals surface area contributed by atoms with Crippen LogP contribution in [0.15, 0.2) is 51.7 Å². The first-order chi connectivity index (χ1) is 14.5. The van der Waals surface area contributed by atoms with Gasteiger partial charge in [0.2, 0.25) is 10.9 Å². The smallest absolute Gasteiger partial charge is 0.297 e. The van der Waals surface area contributed by atoms with Crippen molar-refractivity contribution in [2.24, 2.45) is 0 Å². The maximum absolute atomic E-state index is 13.5. The second kappa shape index (κ2) is 6.93. The fourth-order valence-corrected chi connectivity index (χ4v) is 4.54. The van der Waals surface area contributed by atoms with E-state index in [1.165, 1.54) is 16.2 Å². The second-order valence-electron chi connectivity index (χ2n) is 6.77. The number of anilines is 1. The molecule has 1 aliphatic heterocycles. The highest BCUT2D eigenvalue weighted by Crippen LogP contribution is 2.42. The fraction of sp³-hybridized carbons (Fsp3) is 0.143. The van der Waals surface area contributed by atoms with E-state index in [1.807, 2.05) is 6.07 Å². The second-order valence-corrected chi connectivity index (χ2v) is 8.37. The molecule has 150 valence electrons. The molecule has 9 heteroatoms. The van der Waals surface area contributed by atoms with Gasteiger partial charge in [-0.3, -0.25) is 14.5 Å². The van der Waals surface area contributed by atoms with E-state index in [0.717, 1.165) is 0 Å². The number of ether oxygens (including phenoxy) is 1. The first kappa shape index (κ1) is 18.8. The van der Waals surface area contributed by atoms with Crippen LogP contribution in [0.3, 0.4) is 0 Å². The Morgan fingerprint density at radius 3 is 2.73 bits per heavy atom. The molecule has 4 aromatic rings. The molecule has 2 aromatic carbocycles. The van der Waals surface area contributed by atoms with E-state index in [4.69, 9.17) is 20.8 Å². The maximum atomic E-state index is 13.5. The first-order valence-corrected chi connectivity index (χ1v) is 10.2. The summed E-state index contributed by atoms with van der Waals surface area (Å²) in [6.45, 7) is 1.80. The molecule has 3 heterocycles. The van der Waals surface area contributed by atoms with Crippen molar-refractivity contribution < 1.29 is 13.9 Å². The van der Waals surface area contributed by atoms with Crippen molar-refractivity contribution in [2.45, 2.75) is 13.0 Å². The SMILES string of the molecule is COc1cccc([C@H]2c3c(oc4ccc(Cl)cc4c3=O)C(=O)N2c2nnc(C)s2)c1. The highest BCUT2D eigenvalue weighted by Gasteiger charge is 2.45. The van der Waals surface area contributed by atoms with Crippen molar-refractivity contribution in [3.63, 3.8) is 0 Å². The third kappa shape index (κ3) is 2.79. The molecule has 1 aliphatic rings. The zero-order chi connectivity index (χ0) is 21.0. The Morgan fingerprint density at radius 2 is 2.00 bits per heavy atom. The van der Waals surface area contributed by atoms with Gasteiger partial charge in [-0.25, -0.2) is 0 Å². The summed E-state index contributed by atoms with van der Waals surface area (Å²) in [4.78, 5) is 28.3. The van der Waals surface area contributed by atoms with Crippen molar-refractivity contribution in [1.29, 1.82) is 0 Å². The van der Waals surface area contributed by atoms with Gasteiger partial charge in [-0.15, -0.1) is 10.2 Å². The molecule has 2 aromatic heterocycles. The highest BCUT2D eigenvalue weighted by molar-refractivity contribution is 7.15. The zero-order valence-electron chi connectivity index (χ0n) is 15.9. The molecule has 0 saturated heterocycles. The third-order valence-electron chi connectivity index (χ3n) is 4.96. The minimum atomic E-state index is -0.727.